The number of aliphatic hydroxyl groups excluding tert-OH is 2. The van der Waals surface area contributed by atoms with Gasteiger partial charge in [-0.3, -0.25) is 0 Å². The fourth-order valence-electron chi connectivity index (χ4n) is 11.2. The van der Waals surface area contributed by atoms with Crippen molar-refractivity contribution in [1.82, 2.24) is 0 Å². The van der Waals surface area contributed by atoms with E-state index in [1.54, 1.807) is 0 Å². The number of aliphatic hydroxyl groups is 2. The van der Waals surface area contributed by atoms with Crippen molar-refractivity contribution in [2.45, 2.75) is 39.5 Å². The molecule has 0 aliphatic heterocycles. The summed E-state index contributed by atoms with van der Waals surface area (Å²) in [4.78, 5) is 0. The molecule has 14 aromatic rings. The Labute approximate surface area is 525 Å². The summed E-state index contributed by atoms with van der Waals surface area (Å²) in [5.41, 5.74) is 5.19. The van der Waals surface area contributed by atoms with Crippen molar-refractivity contribution in [2.24, 2.45) is 14.1 Å². The van der Waals surface area contributed by atoms with Gasteiger partial charge in [0.2, 0.25) is 0 Å². The van der Waals surface area contributed by atoms with Crippen molar-refractivity contribution in [2.75, 3.05) is 13.2 Å². The summed E-state index contributed by atoms with van der Waals surface area (Å²) in [7, 11) is 4.05. The van der Waals surface area contributed by atoms with Gasteiger partial charge < -0.3 is 66.4 Å². The van der Waals surface area contributed by atoms with E-state index in [-0.39, 0.29) is 58.8 Å². The highest BCUT2D eigenvalue weighted by atomic mass is 35.5. The highest BCUT2D eigenvalue weighted by molar-refractivity contribution is 6.26. The molecular formula is C76H74Cl2N2O8. The minimum Gasteiger partial charge on any atom is -1.00 e. The van der Waals surface area contributed by atoms with Crippen LogP contribution in [-0.4, -0.2) is 54.8 Å². The van der Waals surface area contributed by atoms with E-state index in [2.05, 4.69) is 87.2 Å². The first-order valence-electron chi connectivity index (χ1n) is 28.7. The monoisotopic (exact) mass is 1210 g/mol. The second-order valence-corrected chi connectivity index (χ2v) is 20.9. The van der Waals surface area contributed by atoms with E-state index in [0.29, 0.717) is 35.5 Å². The standard InChI is InChI=1S/2C28H18O2.C12H14N2.2C4H10O.2ClH.2H2O/c2*29-27-23-15-7-3-11-19(23)17-9-1-5-13-21(17)25(27)26-22-14-6-2-10-18(22)20-12-4-8-16-24(20)28(26)30;1-13-7-3-11(4-8-13)12-5-9-14(2)10-6-12;2*1-2-3-4-5;;;;/h2*1-16,29-30H;3-10H,1-2H3;2*5H,2-4H2,1H3;2*1H;2*1H2/q;;+2;;;;;;/p-2. The molecule has 0 saturated carbocycles. The third-order valence-corrected chi connectivity index (χ3v) is 15.4. The molecule has 10 nitrogen and oxygen atoms in total. The number of aromatic nitrogens is 2. The molecule has 2 aromatic heterocycles. The summed E-state index contributed by atoms with van der Waals surface area (Å²) >= 11 is 0. The van der Waals surface area contributed by atoms with Gasteiger partial charge in [0, 0.05) is 81.3 Å². The summed E-state index contributed by atoms with van der Waals surface area (Å²) in [5.74, 6) is 0.778. The predicted molar refractivity (Wildman–Crippen MR) is 356 cm³/mol. The van der Waals surface area contributed by atoms with E-state index < -0.39 is 0 Å². The smallest absolute Gasteiger partial charge is 0.169 e. The van der Waals surface area contributed by atoms with Crippen LogP contribution in [-0.2, 0) is 14.1 Å². The van der Waals surface area contributed by atoms with Crippen LogP contribution in [0.5, 0.6) is 23.0 Å². The Hall–Kier alpha value is -9.36. The molecule has 0 spiro atoms. The van der Waals surface area contributed by atoms with Crippen LogP contribution in [0.2, 0.25) is 0 Å². The van der Waals surface area contributed by atoms with E-state index in [4.69, 9.17) is 10.2 Å². The number of nitrogens with zero attached hydrogens (tertiary/aromatic N) is 2. The lowest BCUT2D eigenvalue weighted by molar-refractivity contribution is -0.671. The van der Waals surface area contributed by atoms with Gasteiger partial charge in [-0.05, 0) is 88.6 Å². The number of benzene rings is 12. The minimum atomic E-state index is 0. The van der Waals surface area contributed by atoms with Crippen LogP contribution >= 0.6 is 0 Å². The number of hydrogen-bond acceptors (Lipinski definition) is 6. The minimum absolute atomic E-state index is 0. The summed E-state index contributed by atoms with van der Waals surface area (Å²) < 4.78 is 4.07. The summed E-state index contributed by atoms with van der Waals surface area (Å²) in [6.07, 6.45) is 12.3. The average molecular weight is 1210 g/mol. The molecule has 0 atom stereocenters. The van der Waals surface area contributed by atoms with Crippen LogP contribution in [0, 0.1) is 0 Å². The molecule has 2 heterocycles. The first kappa shape index (κ1) is 67.8. The van der Waals surface area contributed by atoms with E-state index in [1.165, 1.54) is 11.1 Å². The van der Waals surface area contributed by atoms with Gasteiger partial charge in [-0.15, -0.1) is 0 Å². The van der Waals surface area contributed by atoms with Crippen molar-refractivity contribution in [3.05, 3.63) is 243 Å². The van der Waals surface area contributed by atoms with Crippen LogP contribution < -0.4 is 33.9 Å². The Morgan fingerprint density at radius 1 is 0.261 bits per heavy atom. The lowest BCUT2D eigenvalue weighted by atomic mass is 9.87. The van der Waals surface area contributed by atoms with Crippen molar-refractivity contribution in [3.8, 4) is 56.4 Å². The molecule has 450 valence electrons. The zero-order valence-corrected chi connectivity index (χ0v) is 51.2. The topological polar surface area (TPSA) is 192 Å². The third kappa shape index (κ3) is 13.7. The second kappa shape index (κ2) is 31.3. The zero-order chi connectivity index (χ0) is 58.7. The Morgan fingerprint density at radius 3 is 0.580 bits per heavy atom. The van der Waals surface area contributed by atoms with Gasteiger partial charge in [-0.2, -0.15) is 0 Å². The normalized spacial score (nSPS) is 10.5. The van der Waals surface area contributed by atoms with Gasteiger partial charge in [0.05, 0.1) is 0 Å². The summed E-state index contributed by atoms with van der Waals surface area (Å²) in [5, 5.41) is 76.9. The van der Waals surface area contributed by atoms with Crippen molar-refractivity contribution in [1.29, 1.82) is 0 Å². The molecule has 0 amide bonds. The highest BCUT2D eigenvalue weighted by Crippen LogP contribution is 2.53. The van der Waals surface area contributed by atoms with E-state index in [0.717, 1.165) is 112 Å². The van der Waals surface area contributed by atoms with Gasteiger partial charge >= 0.3 is 0 Å². The van der Waals surface area contributed by atoms with Crippen LogP contribution in [0.1, 0.15) is 39.5 Å². The largest absolute Gasteiger partial charge is 1.00 e. The first-order chi connectivity index (χ1) is 41.1. The molecule has 0 unspecified atom stereocenters. The van der Waals surface area contributed by atoms with Crippen molar-refractivity contribution in [3.63, 3.8) is 0 Å². The van der Waals surface area contributed by atoms with Gasteiger partial charge in [0.1, 0.15) is 37.1 Å². The number of pyridine rings is 2. The molecule has 14 rings (SSSR count). The molecule has 0 fully saturated rings. The number of unbranched alkanes of at least 4 members (excludes halogenated alkanes) is 2. The molecule has 0 radical (unpaired) electrons. The molecule has 88 heavy (non-hydrogen) atoms. The summed E-state index contributed by atoms with van der Waals surface area (Å²) in [6, 6.07) is 72.2. The van der Waals surface area contributed by atoms with Crippen LogP contribution in [0.25, 0.3) is 120 Å². The molecule has 12 heteroatoms. The number of halogens is 2. The Morgan fingerprint density at radius 2 is 0.420 bits per heavy atom. The van der Waals surface area contributed by atoms with Crippen molar-refractivity contribution < 1.29 is 75.5 Å². The van der Waals surface area contributed by atoms with Crippen LogP contribution in [0.4, 0.5) is 0 Å². The Kier molecular flexibility index (Phi) is 24.1. The third-order valence-electron chi connectivity index (χ3n) is 15.4. The molecule has 0 aliphatic rings. The maximum absolute atomic E-state index is 11.4. The van der Waals surface area contributed by atoms with Gasteiger partial charge in [-0.1, -0.05) is 221 Å². The lowest BCUT2D eigenvalue weighted by Crippen LogP contribution is -3.00. The number of aryl methyl sites for hydroxylation is 2. The SMILES string of the molecule is CCCCO.CCCCO.C[n+]1ccc(-c2cc[n+](C)cc2)cc1.O.O.Oc1c(-c2c(O)c3ccccc3c3ccccc23)c2ccccc2c2ccccc12.Oc1c(-c2c(O)c3ccccc3c3ccccc23)c2ccccc2c2ccccc12.[Cl-].[Cl-]. The number of phenols is 4. The Bertz CT molecular complexity index is 4090. The van der Waals surface area contributed by atoms with Crippen molar-refractivity contribution >= 4 is 86.2 Å². The summed E-state index contributed by atoms with van der Waals surface area (Å²) in [6.45, 7) is 4.79. The predicted octanol–water partition coefficient (Wildman–Crippen LogP) is 9.67. The number of hydrogen-bond donors (Lipinski definition) is 6. The average Bonchev–Trinajstić information content (AvgIpc) is 1.22. The lowest BCUT2D eigenvalue weighted by Gasteiger charge is -2.18. The quantitative estimate of drug-likeness (QED) is 0.0680. The first-order valence-corrected chi connectivity index (χ1v) is 28.7. The van der Waals surface area contributed by atoms with Gasteiger partial charge in [-0.25, -0.2) is 9.13 Å². The number of fused-ring (bicyclic) bond motifs is 12. The van der Waals surface area contributed by atoms with Crippen LogP contribution in [0.3, 0.4) is 0 Å². The molecule has 0 aliphatic carbocycles. The van der Waals surface area contributed by atoms with E-state index >= 15 is 0 Å². The molecule has 0 saturated heterocycles. The number of aromatic hydroxyl groups is 4. The molecule has 10 N–H and O–H groups in total. The number of phenolic OH excluding ortho intramolecular Hbond substituents is 4. The molecule has 0 bridgehead atoms. The highest BCUT2D eigenvalue weighted by Gasteiger charge is 2.24. The van der Waals surface area contributed by atoms with Gasteiger partial charge in [0.15, 0.2) is 24.8 Å². The van der Waals surface area contributed by atoms with E-state index in [9.17, 15) is 20.4 Å². The maximum atomic E-state index is 11.4. The van der Waals surface area contributed by atoms with E-state index in [1.807, 2.05) is 193 Å². The van der Waals surface area contributed by atoms with Gasteiger partial charge in [0.25, 0.3) is 0 Å². The maximum Gasteiger partial charge on any atom is 0.169 e. The van der Waals surface area contributed by atoms with Crippen LogP contribution in [0.15, 0.2) is 243 Å². The second-order valence-electron chi connectivity index (χ2n) is 20.9. The zero-order valence-electron chi connectivity index (χ0n) is 49.7. The molecular weight excluding hydrogens is 1140 g/mol. The Balaban J connectivity index is 0.000000200. The fraction of sp³-hybridized carbons (Fsp3) is 0.132. The molecule has 12 aromatic carbocycles. The fourth-order valence-corrected chi connectivity index (χ4v) is 11.2. The number of rotatable bonds is 7.